The van der Waals surface area contributed by atoms with E-state index in [4.69, 9.17) is 0 Å². The Bertz CT molecular complexity index is 3010. The molecule has 0 radical (unpaired) electrons. The normalized spacial score (nSPS) is 13.5. The first-order chi connectivity index (χ1) is 26.6. The Hall–Kier alpha value is -6.84. The van der Waals surface area contributed by atoms with Gasteiger partial charge in [0.05, 0.1) is 33.4 Å². The molecular formula is C51H37N3. The standard InChI is InChI=1S/C51H37N3/c1-51(2)43-20-10-13-23-47(43)52(48-24-14-11-21-44(48)51)38-28-25-34(26-29-38)35-27-32-46-42(33-35)41-31-30-40-39-19-9-12-22-45(39)53(36-15-5-3-6-16-36)49(40)50(41)54(46)37-17-7-4-8-18-37/h3-33H,1-2H3. The van der Waals surface area contributed by atoms with Crippen molar-refractivity contribution in [2.24, 2.45) is 0 Å². The van der Waals surface area contributed by atoms with Crippen LogP contribution in [0.5, 0.6) is 0 Å². The lowest BCUT2D eigenvalue weighted by atomic mass is 9.73. The Morgan fingerprint density at radius 2 is 0.833 bits per heavy atom. The SMILES string of the molecule is CC1(C)c2ccccc2N(c2ccc(-c3ccc4c(c3)c3ccc5c6ccccc6n(-c6ccccc6)c5c3n4-c3ccccc3)cc2)c2ccccc21. The summed E-state index contributed by atoms with van der Waals surface area (Å²) in [5.41, 5.74) is 15.8. The number of hydrogen-bond acceptors (Lipinski definition) is 1. The predicted octanol–water partition coefficient (Wildman–Crippen LogP) is 13.7. The van der Waals surface area contributed by atoms with Crippen molar-refractivity contribution >= 4 is 60.7 Å². The van der Waals surface area contributed by atoms with E-state index in [0.717, 1.165) is 17.1 Å². The topological polar surface area (TPSA) is 13.1 Å². The van der Waals surface area contributed by atoms with E-state index in [1.807, 2.05) is 0 Å². The van der Waals surface area contributed by atoms with E-state index < -0.39 is 0 Å². The third-order valence-corrected chi connectivity index (χ3v) is 11.7. The van der Waals surface area contributed by atoms with Crippen LogP contribution < -0.4 is 4.90 Å². The molecule has 256 valence electrons. The summed E-state index contributed by atoms with van der Waals surface area (Å²) >= 11 is 0. The minimum atomic E-state index is -0.0843. The minimum Gasteiger partial charge on any atom is -0.310 e. The van der Waals surface area contributed by atoms with Crippen molar-refractivity contribution in [3.05, 3.63) is 199 Å². The average Bonchev–Trinajstić information content (AvgIpc) is 3.75. The zero-order valence-corrected chi connectivity index (χ0v) is 30.2. The highest BCUT2D eigenvalue weighted by atomic mass is 15.2. The molecule has 0 saturated heterocycles. The van der Waals surface area contributed by atoms with Crippen molar-refractivity contribution in [2.45, 2.75) is 19.3 Å². The van der Waals surface area contributed by atoms with Crippen molar-refractivity contribution in [1.29, 1.82) is 0 Å². The first-order valence-electron chi connectivity index (χ1n) is 18.8. The summed E-state index contributed by atoms with van der Waals surface area (Å²) < 4.78 is 4.91. The zero-order chi connectivity index (χ0) is 36.0. The monoisotopic (exact) mass is 691 g/mol. The Morgan fingerprint density at radius 3 is 1.44 bits per heavy atom. The van der Waals surface area contributed by atoms with Crippen LogP contribution in [0.1, 0.15) is 25.0 Å². The molecule has 0 saturated carbocycles. The molecule has 3 heterocycles. The Labute approximate surface area is 314 Å². The average molecular weight is 692 g/mol. The molecule has 3 nitrogen and oxygen atoms in total. The van der Waals surface area contributed by atoms with Crippen LogP contribution in [0.2, 0.25) is 0 Å². The number of fused-ring (bicyclic) bond motifs is 9. The number of nitrogens with zero attached hydrogens (tertiary/aromatic N) is 3. The summed E-state index contributed by atoms with van der Waals surface area (Å²) in [6, 6.07) is 68.8. The fraction of sp³-hybridized carbons (Fsp3) is 0.0588. The van der Waals surface area contributed by atoms with Gasteiger partial charge >= 0.3 is 0 Å². The Morgan fingerprint density at radius 1 is 0.352 bits per heavy atom. The van der Waals surface area contributed by atoms with Crippen molar-refractivity contribution < 1.29 is 0 Å². The van der Waals surface area contributed by atoms with Crippen LogP contribution in [-0.2, 0) is 5.41 Å². The fourth-order valence-corrected chi connectivity index (χ4v) is 9.17. The van der Waals surface area contributed by atoms with Crippen LogP contribution in [-0.4, -0.2) is 9.13 Å². The summed E-state index contributed by atoms with van der Waals surface area (Å²) in [5.74, 6) is 0. The van der Waals surface area contributed by atoms with Gasteiger partial charge in [0, 0.05) is 44.0 Å². The fourth-order valence-electron chi connectivity index (χ4n) is 9.17. The molecule has 0 N–H and O–H groups in total. The molecule has 0 spiro atoms. The van der Waals surface area contributed by atoms with Gasteiger partial charge in [0.25, 0.3) is 0 Å². The highest BCUT2D eigenvalue weighted by Gasteiger charge is 2.36. The van der Waals surface area contributed by atoms with E-state index in [1.54, 1.807) is 0 Å². The Balaban J connectivity index is 1.12. The van der Waals surface area contributed by atoms with Crippen molar-refractivity contribution in [3.8, 4) is 22.5 Å². The van der Waals surface area contributed by atoms with Crippen LogP contribution in [0.25, 0.3) is 66.1 Å². The highest BCUT2D eigenvalue weighted by Crippen LogP contribution is 2.52. The zero-order valence-electron chi connectivity index (χ0n) is 30.2. The van der Waals surface area contributed by atoms with E-state index in [2.05, 4.69) is 216 Å². The Kier molecular flexibility index (Phi) is 6.60. The second-order valence-corrected chi connectivity index (χ2v) is 15.0. The third-order valence-electron chi connectivity index (χ3n) is 11.7. The van der Waals surface area contributed by atoms with Crippen LogP contribution in [0.3, 0.4) is 0 Å². The molecular weight excluding hydrogens is 655 g/mol. The second kappa shape index (κ2) is 11.6. The smallest absolute Gasteiger partial charge is 0.0788 e. The number of hydrogen-bond donors (Lipinski definition) is 0. The lowest BCUT2D eigenvalue weighted by Gasteiger charge is -2.42. The molecule has 0 fully saturated rings. The van der Waals surface area contributed by atoms with E-state index in [-0.39, 0.29) is 5.41 Å². The summed E-state index contributed by atoms with van der Waals surface area (Å²) in [7, 11) is 0. The van der Waals surface area contributed by atoms with Gasteiger partial charge in [-0.05, 0) is 89.0 Å². The summed E-state index contributed by atoms with van der Waals surface area (Å²) in [4.78, 5) is 2.42. The minimum absolute atomic E-state index is 0.0843. The maximum absolute atomic E-state index is 2.46. The lowest BCUT2D eigenvalue weighted by Crippen LogP contribution is -2.30. The maximum Gasteiger partial charge on any atom is 0.0788 e. The van der Waals surface area contributed by atoms with E-state index >= 15 is 0 Å². The largest absolute Gasteiger partial charge is 0.310 e. The summed E-state index contributed by atoms with van der Waals surface area (Å²) in [6.45, 7) is 4.67. The molecule has 0 bridgehead atoms. The molecule has 0 aliphatic carbocycles. The molecule has 0 atom stereocenters. The van der Waals surface area contributed by atoms with Gasteiger partial charge in [0.2, 0.25) is 0 Å². The molecule has 0 amide bonds. The number of benzene rings is 8. The van der Waals surface area contributed by atoms with Gasteiger partial charge in [0.1, 0.15) is 0 Å². The van der Waals surface area contributed by atoms with Crippen LogP contribution in [0.15, 0.2) is 188 Å². The van der Waals surface area contributed by atoms with E-state index in [9.17, 15) is 0 Å². The number of para-hydroxylation sites is 5. The number of rotatable bonds is 4. The molecule has 10 aromatic rings. The molecule has 1 aliphatic rings. The van der Waals surface area contributed by atoms with Gasteiger partial charge in [-0.2, -0.15) is 0 Å². The van der Waals surface area contributed by atoms with Crippen LogP contribution in [0, 0.1) is 0 Å². The number of aromatic nitrogens is 2. The summed E-state index contributed by atoms with van der Waals surface area (Å²) in [6.07, 6.45) is 0. The first kappa shape index (κ1) is 30.8. The van der Waals surface area contributed by atoms with Gasteiger partial charge in [-0.15, -0.1) is 0 Å². The van der Waals surface area contributed by atoms with Crippen molar-refractivity contribution in [1.82, 2.24) is 9.13 Å². The second-order valence-electron chi connectivity index (χ2n) is 15.0. The maximum atomic E-state index is 2.46. The highest BCUT2D eigenvalue weighted by molar-refractivity contribution is 6.24. The van der Waals surface area contributed by atoms with E-state index in [1.165, 1.54) is 77.2 Å². The van der Waals surface area contributed by atoms with Gasteiger partial charge in [-0.25, -0.2) is 0 Å². The lowest BCUT2D eigenvalue weighted by molar-refractivity contribution is 0.632. The molecule has 2 aromatic heterocycles. The summed E-state index contributed by atoms with van der Waals surface area (Å²) in [5, 5.41) is 4.99. The van der Waals surface area contributed by atoms with Gasteiger partial charge in [-0.1, -0.05) is 135 Å². The van der Waals surface area contributed by atoms with Crippen LogP contribution in [0.4, 0.5) is 17.1 Å². The molecule has 1 aliphatic heterocycles. The quantitative estimate of drug-likeness (QED) is 0.179. The molecule has 0 unspecified atom stereocenters. The molecule has 8 aromatic carbocycles. The molecule has 54 heavy (non-hydrogen) atoms. The van der Waals surface area contributed by atoms with Crippen LogP contribution >= 0.6 is 0 Å². The van der Waals surface area contributed by atoms with Crippen molar-refractivity contribution in [3.63, 3.8) is 0 Å². The van der Waals surface area contributed by atoms with Gasteiger partial charge in [-0.3, -0.25) is 0 Å². The molecule has 11 rings (SSSR count). The third kappa shape index (κ3) is 4.36. The predicted molar refractivity (Wildman–Crippen MR) is 227 cm³/mol. The number of anilines is 3. The van der Waals surface area contributed by atoms with Gasteiger partial charge in [0.15, 0.2) is 0 Å². The van der Waals surface area contributed by atoms with E-state index in [0.29, 0.717) is 0 Å². The first-order valence-corrected chi connectivity index (χ1v) is 18.8. The van der Waals surface area contributed by atoms with Crippen molar-refractivity contribution in [2.75, 3.05) is 4.90 Å². The van der Waals surface area contributed by atoms with Gasteiger partial charge < -0.3 is 14.0 Å². The molecule has 3 heteroatoms.